The number of para-hydroxylation sites is 1. The van der Waals surface area contributed by atoms with E-state index >= 15 is 0 Å². The van der Waals surface area contributed by atoms with E-state index in [2.05, 4.69) is 20.8 Å². The summed E-state index contributed by atoms with van der Waals surface area (Å²) in [6.07, 6.45) is 1.59. The van der Waals surface area contributed by atoms with Crippen LogP contribution in [-0.2, 0) is 4.79 Å². The van der Waals surface area contributed by atoms with Crippen molar-refractivity contribution in [2.45, 2.75) is 13.0 Å². The molecule has 0 bridgehead atoms. The van der Waals surface area contributed by atoms with Crippen LogP contribution in [0.5, 0.6) is 5.75 Å². The predicted octanol–water partition coefficient (Wildman–Crippen LogP) is 3.26. The van der Waals surface area contributed by atoms with Gasteiger partial charge in [-0.05, 0) is 48.9 Å². The maximum atomic E-state index is 12.1. The summed E-state index contributed by atoms with van der Waals surface area (Å²) in [5.74, 6) is 0.541. The van der Waals surface area contributed by atoms with Crippen molar-refractivity contribution in [1.29, 1.82) is 0 Å². The number of carbonyl (C=O) groups excluding carboxylic acids is 1. The maximum absolute atomic E-state index is 12.1. The van der Waals surface area contributed by atoms with Gasteiger partial charge in [0.1, 0.15) is 11.8 Å². The van der Waals surface area contributed by atoms with Crippen LogP contribution in [0.15, 0.2) is 53.6 Å². The summed E-state index contributed by atoms with van der Waals surface area (Å²) in [4.78, 5) is 16.6. The largest absolute Gasteiger partial charge is 0.497 e. The van der Waals surface area contributed by atoms with E-state index in [1.807, 2.05) is 48.5 Å². The molecular formula is C18H18N4O2S. The third-order valence-corrected chi connectivity index (χ3v) is 4.50. The van der Waals surface area contributed by atoms with Gasteiger partial charge in [-0.25, -0.2) is 10.4 Å². The fourth-order valence-electron chi connectivity index (χ4n) is 2.14. The Labute approximate surface area is 149 Å². The molecule has 0 saturated carbocycles. The van der Waals surface area contributed by atoms with Crippen LogP contribution in [0.1, 0.15) is 12.5 Å². The number of benzene rings is 2. The van der Waals surface area contributed by atoms with Crippen LogP contribution in [0.4, 0.5) is 5.13 Å². The molecule has 0 radical (unpaired) electrons. The van der Waals surface area contributed by atoms with Crippen LogP contribution in [0.25, 0.3) is 10.2 Å². The summed E-state index contributed by atoms with van der Waals surface area (Å²) in [5, 5.41) is 7.79. The lowest BCUT2D eigenvalue weighted by molar-refractivity contribution is -0.121. The Morgan fingerprint density at radius 2 is 2.00 bits per heavy atom. The molecule has 1 heterocycles. The number of carbonyl (C=O) groups is 1. The average Bonchev–Trinajstić information content (AvgIpc) is 3.04. The molecule has 2 N–H and O–H groups in total. The topological polar surface area (TPSA) is 75.6 Å². The van der Waals surface area contributed by atoms with Crippen LogP contribution in [0.3, 0.4) is 0 Å². The summed E-state index contributed by atoms with van der Waals surface area (Å²) in [5.41, 5.74) is 4.31. The molecule has 2 aromatic carbocycles. The number of hydrazone groups is 1. The molecule has 0 fully saturated rings. The Kier molecular flexibility index (Phi) is 5.25. The lowest BCUT2D eigenvalue weighted by Crippen LogP contribution is -2.34. The molecule has 0 unspecified atom stereocenters. The van der Waals surface area contributed by atoms with Gasteiger partial charge in [-0.2, -0.15) is 5.10 Å². The molecule has 128 valence electrons. The second-order valence-electron chi connectivity index (χ2n) is 5.36. The average molecular weight is 354 g/mol. The van der Waals surface area contributed by atoms with Crippen molar-refractivity contribution in [2.24, 2.45) is 5.10 Å². The highest BCUT2D eigenvalue weighted by Gasteiger charge is 2.14. The minimum Gasteiger partial charge on any atom is -0.497 e. The van der Waals surface area contributed by atoms with Gasteiger partial charge in [0, 0.05) is 0 Å². The number of methoxy groups -OCH3 is 1. The highest BCUT2D eigenvalue weighted by atomic mass is 32.1. The molecular weight excluding hydrogens is 336 g/mol. The predicted molar refractivity (Wildman–Crippen MR) is 101 cm³/mol. The summed E-state index contributed by atoms with van der Waals surface area (Å²) in [6, 6.07) is 14.8. The minimum absolute atomic E-state index is 0.232. The number of rotatable bonds is 6. The van der Waals surface area contributed by atoms with Gasteiger partial charge in [-0.3, -0.25) is 4.79 Å². The molecule has 0 aliphatic heterocycles. The lowest BCUT2D eigenvalue weighted by atomic mass is 10.2. The van der Waals surface area contributed by atoms with E-state index in [4.69, 9.17) is 4.74 Å². The molecule has 25 heavy (non-hydrogen) atoms. The lowest BCUT2D eigenvalue weighted by Gasteiger charge is -2.10. The molecule has 0 aliphatic carbocycles. The summed E-state index contributed by atoms with van der Waals surface area (Å²) in [6.45, 7) is 1.77. The molecule has 7 heteroatoms. The smallest absolute Gasteiger partial charge is 0.262 e. The van der Waals surface area contributed by atoms with Crippen molar-refractivity contribution in [1.82, 2.24) is 10.4 Å². The number of fused-ring (bicyclic) bond motifs is 1. The number of hydrogen-bond donors (Lipinski definition) is 2. The van der Waals surface area contributed by atoms with Crippen LogP contribution in [0.2, 0.25) is 0 Å². The van der Waals surface area contributed by atoms with E-state index in [1.165, 1.54) is 11.3 Å². The van der Waals surface area contributed by atoms with Gasteiger partial charge >= 0.3 is 0 Å². The van der Waals surface area contributed by atoms with E-state index in [0.29, 0.717) is 5.13 Å². The SMILES string of the molecule is COc1ccc(/C=N\NC(=O)[C@@H](C)Nc2nc3ccccc3s2)cc1. The van der Waals surface area contributed by atoms with Crippen molar-refractivity contribution in [2.75, 3.05) is 12.4 Å². The van der Waals surface area contributed by atoms with Crippen LogP contribution >= 0.6 is 11.3 Å². The Balaban J connectivity index is 1.55. The molecule has 0 aliphatic rings. The molecule has 0 spiro atoms. The third-order valence-electron chi connectivity index (χ3n) is 3.53. The number of anilines is 1. The van der Waals surface area contributed by atoms with Crippen molar-refractivity contribution in [3.8, 4) is 5.75 Å². The zero-order valence-electron chi connectivity index (χ0n) is 13.9. The van der Waals surface area contributed by atoms with Gasteiger partial charge in [-0.15, -0.1) is 0 Å². The van der Waals surface area contributed by atoms with Gasteiger partial charge in [0.25, 0.3) is 5.91 Å². The quantitative estimate of drug-likeness (QED) is 0.526. The normalized spacial score (nSPS) is 12.2. The Morgan fingerprint density at radius 3 is 2.72 bits per heavy atom. The highest BCUT2D eigenvalue weighted by Crippen LogP contribution is 2.25. The van der Waals surface area contributed by atoms with Gasteiger partial charge in [0.2, 0.25) is 0 Å². The summed E-state index contributed by atoms with van der Waals surface area (Å²) >= 11 is 1.51. The number of thiazole rings is 1. The molecule has 1 amide bonds. The summed E-state index contributed by atoms with van der Waals surface area (Å²) in [7, 11) is 1.61. The standard InChI is InChI=1S/C18H18N4O2S/c1-12(20-18-21-15-5-3-4-6-16(15)25-18)17(23)22-19-11-13-7-9-14(24-2)10-8-13/h3-12H,1-2H3,(H,20,21)(H,22,23)/b19-11-/t12-/m1/s1. The van der Waals surface area contributed by atoms with Gasteiger partial charge < -0.3 is 10.1 Å². The van der Waals surface area contributed by atoms with Gasteiger partial charge in [0.05, 0.1) is 23.5 Å². The van der Waals surface area contributed by atoms with Crippen molar-refractivity contribution >= 4 is 38.8 Å². The zero-order chi connectivity index (χ0) is 17.6. The first-order chi connectivity index (χ1) is 12.2. The van der Waals surface area contributed by atoms with E-state index in [0.717, 1.165) is 21.5 Å². The number of nitrogens with zero attached hydrogens (tertiary/aromatic N) is 2. The molecule has 1 atom stereocenters. The first kappa shape index (κ1) is 16.9. The molecule has 1 aromatic heterocycles. The van der Waals surface area contributed by atoms with Crippen LogP contribution in [-0.4, -0.2) is 30.3 Å². The molecule has 6 nitrogen and oxygen atoms in total. The second kappa shape index (κ2) is 7.76. The fraction of sp³-hybridized carbons (Fsp3) is 0.167. The molecule has 3 aromatic rings. The number of hydrogen-bond acceptors (Lipinski definition) is 6. The number of aromatic nitrogens is 1. The minimum atomic E-state index is -0.450. The highest BCUT2D eigenvalue weighted by molar-refractivity contribution is 7.22. The number of amides is 1. The Bertz CT molecular complexity index is 856. The van der Waals surface area contributed by atoms with Gasteiger partial charge in [-0.1, -0.05) is 23.5 Å². The molecule has 0 saturated heterocycles. The monoisotopic (exact) mass is 354 g/mol. The van der Waals surface area contributed by atoms with Crippen molar-refractivity contribution in [3.63, 3.8) is 0 Å². The van der Waals surface area contributed by atoms with Gasteiger partial charge in [0.15, 0.2) is 5.13 Å². The second-order valence-corrected chi connectivity index (χ2v) is 6.39. The van der Waals surface area contributed by atoms with E-state index in [9.17, 15) is 4.79 Å². The number of nitrogens with one attached hydrogen (secondary N) is 2. The van der Waals surface area contributed by atoms with E-state index < -0.39 is 6.04 Å². The van der Waals surface area contributed by atoms with Crippen LogP contribution in [0, 0.1) is 0 Å². The Hall–Kier alpha value is -2.93. The van der Waals surface area contributed by atoms with Crippen molar-refractivity contribution in [3.05, 3.63) is 54.1 Å². The third kappa shape index (κ3) is 4.33. The van der Waals surface area contributed by atoms with E-state index in [-0.39, 0.29) is 5.91 Å². The fourth-order valence-corrected chi connectivity index (χ4v) is 3.09. The van der Waals surface area contributed by atoms with Crippen LogP contribution < -0.4 is 15.5 Å². The van der Waals surface area contributed by atoms with E-state index in [1.54, 1.807) is 20.2 Å². The Morgan fingerprint density at radius 1 is 1.24 bits per heavy atom. The molecule has 3 rings (SSSR count). The first-order valence-electron chi connectivity index (χ1n) is 7.75. The summed E-state index contributed by atoms with van der Waals surface area (Å²) < 4.78 is 6.17. The first-order valence-corrected chi connectivity index (χ1v) is 8.56. The maximum Gasteiger partial charge on any atom is 0.262 e. The zero-order valence-corrected chi connectivity index (χ0v) is 14.7. The number of ether oxygens (including phenoxy) is 1. The van der Waals surface area contributed by atoms with Crippen molar-refractivity contribution < 1.29 is 9.53 Å².